The van der Waals surface area contributed by atoms with Gasteiger partial charge in [-0.3, -0.25) is 4.90 Å². The summed E-state index contributed by atoms with van der Waals surface area (Å²) < 4.78 is 5.88. The number of nitrogens with one attached hydrogen (secondary N) is 2. The number of nitrogens with zero attached hydrogens (tertiary/aromatic N) is 1. The van der Waals surface area contributed by atoms with Crippen molar-refractivity contribution in [2.45, 2.75) is 38.6 Å². The quantitative estimate of drug-likeness (QED) is 0.447. The predicted molar refractivity (Wildman–Crippen MR) is 122 cm³/mol. The van der Waals surface area contributed by atoms with E-state index in [1.807, 2.05) is 6.07 Å². The summed E-state index contributed by atoms with van der Waals surface area (Å²) in [5.41, 5.74) is 1.32. The molecule has 4 nitrogen and oxygen atoms in total. The summed E-state index contributed by atoms with van der Waals surface area (Å²) in [5.74, 6) is 1.00. The van der Waals surface area contributed by atoms with Crippen LogP contribution in [-0.2, 0) is 13.0 Å². The van der Waals surface area contributed by atoms with Crippen LogP contribution in [0.2, 0.25) is 0 Å². The third-order valence-electron chi connectivity index (χ3n) is 4.88. The molecule has 0 bridgehead atoms. The Kier molecular flexibility index (Phi) is 9.07. The molecule has 1 aromatic heterocycles. The van der Waals surface area contributed by atoms with Gasteiger partial charge in [0.15, 0.2) is 5.11 Å². The van der Waals surface area contributed by atoms with Crippen LogP contribution in [0.3, 0.4) is 0 Å². The molecule has 28 heavy (non-hydrogen) atoms. The van der Waals surface area contributed by atoms with Gasteiger partial charge in [0, 0.05) is 29.9 Å². The van der Waals surface area contributed by atoms with Crippen LogP contribution in [0.4, 0.5) is 0 Å². The smallest absolute Gasteiger partial charge is 0.166 e. The highest BCUT2D eigenvalue weighted by Crippen LogP contribution is 2.24. The highest BCUT2D eigenvalue weighted by atomic mass is 32.1. The zero-order valence-electron chi connectivity index (χ0n) is 16.5. The van der Waals surface area contributed by atoms with E-state index in [9.17, 15) is 0 Å². The van der Waals surface area contributed by atoms with Gasteiger partial charge in [0.2, 0.25) is 0 Å². The fourth-order valence-electron chi connectivity index (χ4n) is 3.35. The molecule has 0 unspecified atom stereocenters. The Balaban J connectivity index is 1.22. The van der Waals surface area contributed by atoms with E-state index in [0.29, 0.717) is 6.61 Å². The van der Waals surface area contributed by atoms with Crippen LogP contribution in [0.1, 0.15) is 36.1 Å². The number of hydrogen-bond donors (Lipinski definition) is 2. The van der Waals surface area contributed by atoms with Crippen LogP contribution in [-0.4, -0.2) is 42.8 Å². The van der Waals surface area contributed by atoms with Gasteiger partial charge in [-0.2, -0.15) is 0 Å². The fraction of sp³-hybridized carbons (Fsp3) is 0.500. The minimum absolute atomic E-state index is 0.708. The molecule has 2 aromatic rings. The summed E-state index contributed by atoms with van der Waals surface area (Å²) in [6, 6.07) is 12.6. The van der Waals surface area contributed by atoms with Gasteiger partial charge in [-0.15, -0.1) is 11.3 Å². The molecule has 0 saturated carbocycles. The molecule has 0 amide bonds. The standard InChI is InChI=1S/C22H31N3OS2/c27-22(24-12-10-19-8-3-1-4-9-19)23-11-7-15-26-20-16-21(28-18-20)17-25-13-5-2-6-14-25/h1,3-4,8-9,16,18H,2,5-7,10-15,17H2,(H2,23,24,27). The Morgan fingerprint density at radius 3 is 2.68 bits per heavy atom. The van der Waals surface area contributed by atoms with Crippen molar-refractivity contribution >= 4 is 28.7 Å². The van der Waals surface area contributed by atoms with Crippen LogP contribution in [0.25, 0.3) is 0 Å². The maximum Gasteiger partial charge on any atom is 0.166 e. The summed E-state index contributed by atoms with van der Waals surface area (Å²) in [7, 11) is 0. The zero-order chi connectivity index (χ0) is 19.4. The maximum atomic E-state index is 5.88. The molecule has 1 aliphatic heterocycles. The van der Waals surface area contributed by atoms with Crippen LogP contribution in [0, 0.1) is 0 Å². The summed E-state index contributed by atoms with van der Waals surface area (Å²) >= 11 is 7.13. The lowest BCUT2D eigenvalue weighted by Gasteiger charge is -2.25. The van der Waals surface area contributed by atoms with Gasteiger partial charge >= 0.3 is 0 Å². The topological polar surface area (TPSA) is 36.5 Å². The van der Waals surface area contributed by atoms with Crippen LogP contribution in [0.5, 0.6) is 5.75 Å². The first-order valence-corrected chi connectivity index (χ1v) is 11.6. The molecule has 2 heterocycles. The summed E-state index contributed by atoms with van der Waals surface area (Å²) in [6.07, 6.45) is 5.96. The first kappa shape index (κ1) is 21.1. The molecule has 1 saturated heterocycles. The second-order valence-corrected chi connectivity index (χ2v) is 8.61. The van der Waals surface area contributed by atoms with Crippen molar-refractivity contribution in [3.63, 3.8) is 0 Å². The zero-order valence-corrected chi connectivity index (χ0v) is 18.1. The average molecular weight is 418 g/mol. The van der Waals surface area contributed by atoms with Crippen molar-refractivity contribution in [2.24, 2.45) is 0 Å². The maximum absolute atomic E-state index is 5.88. The van der Waals surface area contributed by atoms with E-state index >= 15 is 0 Å². The Hall–Kier alpha value is -1.63. The molecule has 1 fully saturated rings. The van der Waals surface area contributed by atoms with Gasteiger partial charge < -0.3 is 15.4 Å². The minimum Gasteiger partial charge on any atom is -0.493 e. The molecule has 2 N–H and O–H groups in total. The molecular weight excluding hydrogens is 386 g/mol. The van der Waals surface area contributed by atoms with Crippen molar-refractivity contribution in [3.05, 3.63) is 52.2 Å². The normalized spacial score (nSPS) is 14.6. The number of piperidine rings is 1. The molecule has 152 valence electrons. The molecule has 0 spiro atoms. The molecule has 6 heteroatoms. The lowest BCUT2D eigenvalue weighted by molar-refractivity contribution is 0.222. The number of thiocarbonyl (C=S) groups is 1. The summed E-state index contributed by atoms with van der Waals surface area (Å²) in [4.78, 5) is 3.95. The number of thiophene rings is 1. The largest absolute Gasteiger partial charge is 0.493 e. The Bertz CT molecular complexity index is 699. The van der Waals surface area contributed by atoms with Gasteiger partial charge in [-0.05, 0) is 62.6 Å². The van der Waals surface area contributed by atoms with Crippen molar-refractivity contribution in [3.8, 4) is 5.75 Å². The van der Waals surface area contributed by atoms with Crippen molar-refractivity contribution in [1.29, 1.82) is 0 Å². The number of rotatable bonds is 10. The minimum atomic E-state index is 0.708. The van der Waals surface area contributed by atoms with E-state index in [1.165, 1.54) is 42.8 Å². The van der Waals surface area contributed by atoms with Crippen LogP contribution in [0.15, 0.2) is 41.8 Å². The number of likely N-dealkylation sites (tertiary alicyclic amines) is 1. The van der Waals surface area contributed by atoms with E-state index in [1.54, 1.807) is 11.3 Å². The van der Waals surface area contributed by atoms with Gasteiger partial charge in [-0.1, -0.05) is 36.8 Å². The van der Waals surface area contributed by atoms with Crippen molar-refractivity contribution in [2.75, 3.05) is 32.8 Å². The molecule has 0 atom stereocenters. The summed E-state index contributed by atoms with van der Waals surface area (Å²) in [5, 5.41) is 9.35. The second-order valence-electron chi connectivity index (χ2n) is 7.21. The molecular formula is C22H31N3OS2. The van der Waals surface area contributed by atoms with Gasteiger partial charge in [0.1, 0.15) is 5.75 Å². The number of benzene rings is 1. The predicted octanol–water partition coefficient (Wildman–Crippen LogP) is 4.21. The third-order valence-corrected chi connectivity index (χ3v) is 6.06. The number of hydrogen-bond acceptors (Lipinski definition) is 4. The molecule has 3 rings (SSSR count). The van der Waals surface area contributed by atoms with Gasteiger partial charge in [0.05, 0.1) is 6.61 Å². The van der Waals surface area contributed by atoms with Crippen LogP contribution >= 0.6 is 23.6 Å². The van der Waals surface area contributed by atoms with E-state index in [4.69, 9.17) is 17.0 Å². The third kappa shape index (κ3) is 7.78. The highest BCUT2D eigenvalue weighted by Gasteiger charge is 2.11. The van der Waals surface area contributed by atoms with Crippen molar-refractivity contribution < 1.29 is 4.74 Å². The van der Waals surface area contributed by atoms with Gasteiger partial charge in [0.25, 0.3) is 0 Å². The van der Waals surface area contributed by atoms with E-state index in [0.717, 1.165) is 43.3 Å². The van der Waals surface area contributed by atoms with E-state index in [2.05, 4.69) is 51.2 Å². The SMILES string of the molecule is S=C(NCCCOc1csc(CN2CCCCC2)c1)NCCc1ccccc1. The lowest BCUT2D eigenvalue weighted by atomic mass is 10.1. The lowest BCUT2D eigenvalue weighted by Crippen LogP contribution is -2.37. The van der Waals surface area contributed by atoms with Gasteiger partial charge in [-0.25, -0.2) is 0 Å². The molecule has 1 aromatic carbocycles. The van der Waals surface area contributed by atoms with Crippen molar-refractivity contribution in [1.82, 2.24) is 15.5 Å². The summed E-state index contributed by atoms with van der Waals surface area (Å²) in [6.45, 7) is 5.92. The average Bonchev–Trinajstić information content (AvgIpc) is 3.16. The molecule has 1 aliphatic rings. The second kappa shape index (κ2) is 12.0. The van der Waals surface area contributed by atoms with E-state index < -0.39 is 0 Å². The Labute approximate surface area is 178 Å². The first-order chi connectivity index (χ1) is 13.8. The number of ether oxygens (including phenoxy) is 1. The monoisotopic (exact) mass is 417 g/mol. The fourth-order valence-corrected chi connectivity index (χ4v) is 4.40. The Morgan fingerprint density at radius 1 is 1.07 bits per heavy atom. The first-order valence-electron chi connectivity index (χ1n) is 10.3. The van der Waals surface area contributed by atoms with E-state index in [-0.39, 0.29) is 0 Å². The molecule has 0 aliphatic carbocycles. The Morgan fingerprint density at radius 2 is 1.86 bits per heavy atom. The van der Waals surface area contributed by atoms with Crippen LogP contribution < -0.4 is 15.4 Å². The molecule has 0 radical (unpaired) electrons. The highest BCUT2D eigenvalue weighted by molar-refractivity contribution is 7.80.